The van der Waals surface area contributed by atoms with Gasteiger partial charge in [0.2, 0.25) is 10.0 Å². The average molecular weight is 324 g/mol. The minimum absolute atomic E-state index is 0.220. The number of methoxy groups -OCH3 is 1. The summed E-state index contributed by atoms with van der Waals surface area (Å²) in [4.78, 5) is 12.1. The molecule has 2 aromatic rings. The Morgan fingerprint density at radius 2 is 2.00 bits per heavy atom. The molecule has 0 saturated heterocycles. The number of furan rings is 1. The third kappa shape index (κ3) is 3.79. The van der Waals surface area contributed by atoms with Gasteiger partial charge >= 0.3 is 0 Å². The van der Waals surface area contributed by atoms with Crippen LogP contribution in [0.2, 0.25) is 0 Å². The third-order valence-corrected chi connectivity index (χ3v) is 3.41. The lowest BCUT2D eigenvalue weighted by Crippen LogP contribution is -2.13. The van der Waals surface area contributed by atoms with Crippen LogP contribution >= 0.6 is 0 Å². The maximum Gasteiger partial charge on any atom is 0.291 e. The van der Waals surface area contributed by atoms with Crippen LogP contribution in [0.4, 0.5) is 11.4 Å². The standard InChI is InChI=1S/C14H16N2O5S/c1-9-6-7-21-13(9)14(17)15-10-4-5-11(12(8-10)20-2)16-22(3,18)19/h4-8,16H,1-3H3,(H,15,17). The van der Waals surface area contributed by atoms with Crippen molar-refractivity contribution < 1.29 is 22.4 Å². The summed E-state index contributed by atoms with van der Waals surface area (Å²) in [7, 11) is -2.01. The van der Waals surface area contributed by atoms with Crippen molar-refractivity contribution in [3.8, 4) is 5.75 Å². The smallest absolute Gasteiger partial charge is 0.291 e. The van der Waals surface area contributed by atoms with Gasteiger partial charge in [-0.1, -0.05) is 0 Å². The molecule has 2 N–H and O–H groups in total. The SMILES string of the molecule is COc1cc(NC(=O)c2occc2C)ccc1NS(C)(=O)=O. The maximum atomic E-state index is 12.1. The number of amides is 1. The monoisotopic (exact) mass is 324 g/mol. The lowest BCUT2D eigenvalue weighted by Gasteiger charge is -2.12. The molecule has 1 amide bonds. The average Bonchev–Trinajstić information content (AvgIpc) is 2.85. The van der Waals surface area contributed by atoms with Crippen molar-refractivity contribution >= 4 is 27.3 Å². The maximum absolute atomic E-state index is 12.1. The molecule has 2 rings (SSSR count). The van der Waals surface area contributed by atoms with E-state index in [2.05, 4.69) is 10.0 Å². The molecule has 7 nitrogen and oxygen atoms in total. The van der Waals surface area contributed by atoms with Crippen molar-refractivity contribution in [2.24, 2.45) is 0 Å². The molecule has 0 aliphatic rings. The minimum atomic E-state index is -3.42. The van der Waals surface area contributed by atoms with Crippen molar-refractivity contribution in [1.29, 1.82) is 0 Å². The van der Waals surface area contributed by atoms with Crippen LogP contribution in [0, 0.1) is 6.92 Å². The van der Waals surface area contributed by atoms with E-state index in [-0.39, 0.29) is 11.4 Å². The molecule has 0 bridgehead atoms. The molecule has 0 aliphatic carbocycles. The molecule has 8 heteroatoms. The Morgan fingerprint density at radius 3 is 2.55 bits per heavy atom. The lowest BCUT2D eigenvalue weighted by atomic mass is 10.2. The summed E-state index contributed by atoms with van der Waals surface area (Å²) in [5.41, 5.74) is 1.47. The summed E-state index contributed by atoms with van der Waals surface area (Å²) in [6.45, 7) is 1.76. The normalized spacial score (nSPS) is 11.0. The van der Waals surface area contributed by atoms with Crippen LogP contribution in [0.5, 0.6) is 5.75 Å². The van der Waals surface area contributed by atoms with Crippen LogP contribution in [0.15, 0.2) is 34.9 Å². The highest BCUT2D eigenvalue weighted by Gasteiger charge is 2.14. The number of carbonyl (C=O) groups excluding carboxylic acids is 1. The van der Waals surface area contributed by atoms with Crippen molar-refractivity contribution in [1.82, 2.24) is 0 Å². The zero-order valence-electron chi connectivity index (χ0n) is 12.3. The molecule has 0 aliphatic heterocycles. The molecule has 1 aromatic heterocycles. The number of anilines is 2. The molecule has 0 unspecified atom stereocenters. The van der Waals surface area contributed by atoms with E-state index < -0.39 is 15.9 Å². The van der Waals surface area contributed by atoms with Crippen molar-refractivity contribution in [3.05, 3.63) is 41.9 Å². The second-order valence-corrected chi connectivity index (χ2v) is 6.42. The number of nitrogens with one attached hydrogen (secondary N) is 2. The van der Waals surface area contributed by atoms with E-state index in [9.17, 15) is 13.2 Å². The van der Waals surface area contributed by atoms with Gasteiger partial charge in [0.05, 0.1) is 25.3 Å². The highest BCUT2D eigenvalue weighted by molar-refractivity contribution is 7.92. The number of aryl methyl sites for hydroxylation is 1. The first kappa shape index (κ1) is 15.9. The van der Waals surface area contributed by atoms with Gasteiger partial charge in [0, 0.05) is 17.3 Å². The Hall–Kier alpha value is -2.48. The van der Waals surface area contributed by atoms with Crippen LogP contribution in [0.1, 0.15) is 16.1 Å². The molecule has 118 valence electrons. The number of rotatable bonds is 5. The van der Waals surface area contributed by atoms with E-state index in [1.165, 1.54) is 25.5 Å². The topological polar surface area (TPSA) is 97.6 Å². The largest absolute Gasteiger partial charge is 0.494 e. The van der Waals surface area contributed by atoms with Gasteiger partial charge in [0.25, 0.3) is 5.91 Å². The predicted molar refractivity (Wildman–Crippen MR) is 82.9 cm³/mol. The third-order valence-electron chi connectivity index (χ3n) is 2.82. The summed E-state index contributed by atoms with van der Waals surface area (Å²) in [6, 6.07) is 6.27. The van der Waals surface area contributed by atoms with Gasteiger partial charge in [-0.05, 0) is 25.1 Å². The van der Waals surface area contributed by atoms with Gasteiger partial charge < -0.3 is 14.5 Å². The molecular weight excluding hydrogens is 308 g/mol. The molecule has 1 heterocycles. The number of hydrogen-bond acceptors (Lipinski definition) is 5. The van der Waals surface area contributed by atoms with Gasteiger partial charge in [0.1, 0.15) is 5.75 Å². The Balaban J connectivity index is 2.23. The quantitative estimate of drug-likeness (QED) is 0.879. The fourth-order valence-electron chi connectivity index (χ4n) is 1.85. The Morgan fingerprint density at radius 1 is 1.27 bits per heavy atom. The number of sulfonamides is 1. The number of carbonyl (C=O) groups is 1. The first-order chi connectivity index (χ1) is 10.3. The first-order valence-corrected chi connectivity index (χ1v) is 8.20. The van der Waals surface area contributed by atoms with Gasteiger partial charge in [-0.15, -0.1) is 0 Å². The number of hydrogen-bond donors (Lipinski definition) is 2. The minimum Gasteiger partial charge on any atom is -0.494 e. The van der Waals surface area contributed by atoms with Crippen molar-refractivity contribution in [2.75, 3.05) is 23.4 Å². The first-order valence-electron chi connectivity index (χ1n) is 6.31. The van der Waals surface area contributed by atoms with Gasteiger partial charge in [-0.25, -0.2) is 8.42 Å². The van der Waals surface area contributed by atoms with E-state index in [1.54, 1.807) is 19.1 Å². The summed E-state index contributed by atoms with van der Waals surface area (Å²) in [5.74, 6) is 0.116. The fourth-order valence-corrected chi connectivity index (χ4v) is 2.41. The van der Waals surface area contributed by atoms with Gasteiger partial charge in [-0.2, -0.15) is 0 Å². The molecule has 0 radical (unpaired) electrons. The molecular formula is C14H16N2O5S. The molecule has 0 spiro atoms. The highest BCUT2D eigenvalue weighted by atomic mass is 32.2. The zero-order valence-corrected chi connectivity index (χ0v) is 13.2. The number of benzene rings is 1. The lowest BCUT2D eigenvalue weighted by molar-refractivity contribution is 0.0996. The molecule has 22 heavy (non-hydrogen) atoms. The van der Waals surface area contributed by atoms with Crippen LogP contribution in [0.25, 0.3) is 0 Å². The highest BCUT2D eigenvalue weighted by Crippen LogP contribution is 2.29. The Labute approximate surface area is 128 Å². The van der Waals surface area contributed by atoms with E-state index in [4.69, 9.17) is 9.15 Å². The Kier molecular flexibility index (Phi) is 4.41. The molecule has 0 saturated carbocycles. The van der Waals surface area contributed by atoms with E-state index in [0.29, 0.717) is 11.4 Å². The van der Waals surface area contributed by atoms with E-state index in [1.807, 2.05) is 0 Å². The van der Waals surface area contributed by atoms with Crippen LogP contribution in [-0.2, 0) is 10.0 Å². The summed E-state index contributed by atoms with van der Waals surface area (Å²) in [6.07, 6.45) is 2.48. The van der Waals surface area contributed by atoms with Gasteiger partial charge in [0.15, 0.2) is 5.76 Å². The van der Waals surface area contributed by atoms with Crippen molar-refractivity contribution in [2.45, 2.75) is 6.92 Å². The van der Waals surface area contributed by atoms with E-state index >= 15 is 0 Å². The van der Waals surface area contributed by atoms with Crippen LogP contribution in [-0.4, -0.2) is 27.7 Å². The Bertz CT molecular complexity index is 795. The number of ether oxygens (including phenoxy) is 1. The molecule has 0 fully saturated rings. The van der Waals surface area contributed by atoms with Crippen LogP contribution < -0.4 is 14.8 Å². The second-order valence-electron chi connectivity index (χ2n) is 4.68. The fraction of sp³-hybridized carbons (Fsp3) is 0.214. The zero-order chi connectivity index (χ0) is 16.3. The van der Waals surface area contributed by atoms with E-state index in [0.717, 1.165) is 11.8 Å². The van der Waals surface area contributed by atoms with Crippen LogP contribution in [0.3, 0.4) is 0 Å². The van der Waals surface area contributed by atoms with Gasteiger partial charge in [-0.3, -0.25) is 9.52 Å². The molecule has 1 aromatic carbocycles. The van der Waals surface area contributed by atoms with Crippen molar-refractivity contribution in [3.63, 3.8) is 0 Å². The second kappa shape index (κ2) is 6.10. The summed E-state index contributed by atoms with van der Waals surface area (Å²) >= 11 is 0. The predicted octanol–water partition coefficient (Wildman–Crippen LogP) is 2.22. The summed E-state index contributed by atoms with van der Waals surface area (Å²) in [5, 5.41) is 2.66. The molecule has 0 atom stereocenters. The summed E-state index contributed by atoms with van der Waals surface area (Å²) < 4.78 is 35.1.